The summed E-state index contributed by atoms with van der Waals surface area (Å²) in [6.07, 6.45) is 2.46. The lowest BCUT2D eigenvalue weighted by molar-refractivity contribution is 0.0916. The molecule has 2 aromatic heterocycles. The van der Waals surface area contributed by atoms with Crippen LogP contribution in [0.15, 0.2) is 72.9 Å². The van der Waals surface area contributed by atoms with Crippen LogP contribution in [-0.4, -0.2) is 43.6 Å². The number of carbonyl (C=O) groups excluding carboxylic acids is 1. The molecule has 5 rings (SSSR count). The zero-order valence-electron chi connectivity index (χ0n) is 21.8. The van der Waals surface area contributed by atoms with E-state index in [1.807, 2.05) is 6.07 Å². The summed E-state index contributed by atoms with van der Waals surface area (Å²) in [4.78, 5) is 19.5. The molecule has 0 fully saturated rings. The molecule has 0 saturated carbocycles. The van der Waals surface area contributed by atoms with E-state index in [1.54, 1.807) is 18.3 Å². The number of amides is 1. The van der Waals surface area contributed by atoms with Crippen molar-refractivity contribution in [3.63, 3.8) is 0 Å². The molecule has 7 heteroatoms. The first-order valence-corrected chi connectivity index (χ1v) is 13.0. The summed E-state index contributed by atoms with van der Waals surface area (Å²) < 4.78 is 2.20. The highest BCUT2D eigenvalue weighted by atomic mass is 16.2. The summed E-state index contributed by atoms with van der Waals surface area (Å²) in [5.74, 6) is 1.76. The summed E-state index contributed by atoms with van der Waals surface area (Å²) in [6, 6.07) is 22.5. The van der Waals surface area contributed by atoms with E-state index in [0.29, 0.717) is 5.69 Å². The number of rotatable bonds is 7. The van der Waals surface area contributed by atoms with Crippen LogP contribution in [0.1, 0.15) is 53.2 Å². The molecule has 0 saturated heterocycles. The summed E-state index contributed by atoms with van der Waals surface area (Å²) in [7, 11) is 0. The molecule has 1 aliphatic rings. The van der Waals surface area contributed by atoms with Crippen LogP contribution in [0.25, 0.3) is 11.1 Å². The molecule has 3 heterocycles. The Morgan fingerprint density at radius 2 is 1.73 bits per heavy atom. The Labute approximate surface area is 218 Å². The topological polar surface area (TPSA) is 75.9 Å². The number of pyridine rings is 1. The molecule has 1 aliphatic heterocycles. The van der Waals surface area contributed by atoms with E-state index in [-0.39, 0.29) is 17.9 Å². The van der Waals surface area contributed by atoms with Gasteiger partial charge < -0.3 is 9.88 Å². The maximum atomic E-state index is 12.8. The van der Waals surface area contributed by atoms with E-state index in [2.05, 4.69) is 99.3 Å². The van der Waals surface area contributed by atoms with Gasteiger partial charge in [0.05, 0.1) is 6.04 Å². The fourth-order valence-electron chi connectivity index (χ4n) is 4.96. The zero-order valence-corrected chi connectivity index (χ0v) is 21.8. The number of aromatic nitrogens is 4. The number of hydrogen-bond donors (Lipinski definition) is 1. The predicted molar refractivity (Wildman–Crippen MR) is 145 cm³/mol. The lowest BCUT2D eigenvalue weighted by atomic mass is 9.99. The lowest BCUT2D eigenvalue weighted by Gasteiger charge is -2.23. The van der Waals surface area contributed by atoms with Gasteiger partial charge in [-0.1, -0.05) is 68.4 Å². The van der Waals surface area contributed by atoms with Crippen molar-refractivity contribution in [3.8, 4) is 11.1 Å². The van der Waals surface area contributed by atoms with Gasteiger partial charge in [0.25, 0.3) is 5.91 Å². The van der Waals surface area contributed by atoms with Crippen molar-refractivity contribution in [1.29, 1.82) is 0 Å². The molecular formula is C30H34N6O. The van der Waals surface area contributed by atoms with Crippen molar-refractivity contribution < 1.29 is 4.79 Å². The molecule has 1 atom stereocenters. The minimum Gasteiger partial charge on any atom is -0.340 e. The van der Waals surface area contributed by atoms with Gasteiger partial charge in [0.1, 0.15) is 11.5 Å². The molecule has 37 heavy (non-hydrogen) atoms. The Kier molecular flexibility index (Phi) is 7.42. The Hall–Kier alpha value is -3.84. The van der Waals surface area contributed by atoms with E-state index >= 15 is 0 Å². The van der Waals surface area contributed by atoms with Gasteiger partial charge in [0.15, 0.2) is 5.82 Å². The van der Waals surface area contributed by atoms with E-state index in [9.17, 15) is 4.79 Å². The quantitative estimate of drug-likeness (QED) is 0.398. The molecule has 7 nitrogen and oxygen atoms in total. The third kappa shape index (κ3) is 5.62. The average Bonchev–Trinajstić information content (AvgIpc) is 3.21. The third-order valence-electron chi connectivity index (χ3n) is 7.09. The number of hydrogen-bond acceptors (Lipinski definition) is 5. The Bertz CT molecular complexity index is 1350. The maximum Gasteiger partial charge on any atom is 0.270 e. The lowest BCUT2D eigenvalue weighted by Crippen LogP contribution is -2.34. The molecule has 1 amide bonds. The maximum absolute atomic E-state index is 12.8. The van der Waals surface area contributed by atoms with E-state index in [4.69, 9.17) is 0 Å². The van der Waals surface area contributed by atoms with Crippen LogP contribution in [0.2, 0.25) is 0 Å². The van der Waals surface area contributed by atoms with Gasteiger partial charge in [-0.3, -0.25) is 14.7 Å². The van der Waals surface area contributed by atoms with Crippen LogP contribution in [0, 0.1) is 12.8 Å². The molecule has 0 aliphatic carbocycles. The third-order valence-corrected chi connectivity index (χ3v) is 7.09. The van der Waals surface area contributed by atoms with Crippen molar-refractivity contribution >= 4 is 5.91 Å². The van der Waals surface area contributed by atoms with Crippen LogP contribution in [-0.2, 0) is 19.5 Å². The summed E-state index contributed by atoms with van der Waals surface area (Å²) in [5, 5.41) is 12.2. The van der Waals surface area contributed by atoms with Crippen molar-refractivity contribution in [1.82, 2.24) is 30.0 Å². The largest absolute Gasteiger partial charge is 0.340 e. The van der Waals surface area contributed by atoms with E-state index in [1.165, 1.54) is 22.3 Å². The smallest absolute Gasteiger partial charge is 0.270 e. The Balaban J connectivity index is 1.26. The van der Waals surface area contributed by atoms with Crippen LogP contribution in [0.4, 0.5) is 0 Å². The number of nitrogens with zero attached hydrogens (tertiary/aromatic N) is 5. The minimum absolute atomic E-state index is 0.159. The number of nitrogens with one attached hydrogen (secondary N) is 1. The summed E-state index contributed by atoms with van der Waals surface area (Å²) in [5.41, 5.74) is 5.53. The number of aryl methyl sites for hydroxylation is 1. The summed E-state index contributed by atoms with van der Waals surface area (Å²) in [6.45, 7) is 9.85. The number of carbonyl (C=O) groups is 1. The minimum atomic E-state index is -0.240. The standard InChI is InChI=1S/C30H34N6O/c1-21(2)28(32-30(37)26-10-6-7-16-31-26)29-34-33-27-15-17-35(18-19-36(27)29)20-23-11-13-24(14-12-23)25-9-5-4-8-22(25)3/h4-14,16,21,28H,15,17-20H2,1-3H3,(H,32,37)/t28-/m1/s1. The molecule has 4 aromatic rings. The van der Waals surface area contributed by atoms with Gasteiger partial charge in [0, 0.05) is 38.8 Å². The van der Waals surface area contributed by atoms with Crippen LogP contribution in [0.5, 0.6) is 0 Å². The van der Waals surface area contributed by atoms with E-state index < -0.39 is 0 Å². The second kappa shape index (κ2) is 11.0. The van der Waals surface area contributed by atoms with Crippen molar-refractivity contribution in [2.24, 2.45) is 5.92 Å². The molecule has 0 spiro atoms. The highest BCUT2D eigenvalue weighted by Gasteiger charge is 2.28. The Morgan fingerprint density at radius 1 is 0.946 bits per heavy atom. The SMILES string of the molecule is Cc1ccccc1-c1ccc(CN2CCc3nnc([C@H](NC(=O)c4ccccn4)C(C)C)n3CC2)cc1. The summed E-state index contributed by atoms with van der Waals surface area (Å²) >= 11 is 0. The molecule has 0 bridgehead atoms. The van der Waals surface area contributed by atoms with Gasteiger partial charge in [-0.05, 0) is 47.2 Å². The van der Waals surface area contributed by atoms with E-state index in [0.717, 1.165) is 44.2 Å². The normalized spacial score (nSPS) is 14.7. The van der Waals surface area contributed by atoms with Gasteiger partial charge in [-0.15, -0.1) is 10.2 Å². The monoisotopic (exact) mass is 494 g/mol. The Morgan fingerprint density at radius 3 is 2.46 bits per heavy atom. The fourth-order valence-corrected chi connectivity index (χ4v) is 4.96. The van der Waals surface area contributed by atoms with Crippen LogP contribution in [0.3, 0.4) is 0 Å². The molecule has 0 radical (unpaired) electrons. The number of fused-ring (bicyclic) bond motifs is 1. The number of benzene rings is 2. The second-order valence-electron chi connectivity index (χ2n) is 10.1. The van der Waals surface area contributed by atoms with Crippen molar-refractivity contribution in [2.75, 3.05) is 13.1 Å². The van der Waals surface area contributed by atoms with Crippen molar-refractivity contribution in [3.05, 3.63) is 101 Å². The van der Waals surface area contributed by atoms with Gasteiger partial charge >= 0.3 is 0 Å². The van der Waals surface area contributed by atoms with Crippen LogP contribution < -0.4 is 5.32 Å². The van der Waals surface area contributed by atoms with Gasteiger partial charge in [-0.25, -0.2) is 0 Å². The highest BCUT2D eigenvalue weighted by molar-refractivity contribution is 5.92. The first-order valence-electron chi connectivity index (χ1n) is 13.0. The first kappa shape index (κ1) is 24.8. The highest BCUT2D eigenvalue weighted by Crippen LogP contribution is 2.25. The van der Waals surface area contributed by atoms with Crippen molar-refractivity contribution in [2.45, 2.75) is 46.3 Å². The second-order valence-corrected chi connectivity index (χ2v) is 10.1. The molecule has 0 unspecified atom stereocenters. The molecule has 2 aromatic carbocycles. The van der Waals surface area contributed by atoms with Gasteiger partial charge in [-0.2, -0.15) is 0 Å². The molecule has 190 valence electrons. The molecule has 1 N–H and O–H groups in total. The first-order chi connectivity index (χ1) is 18.0. The average molecular weight is 495 g/mol. The fraction of sp³-hybridized carbons (Fsp3) is 0.333. The predicted octanol–water partition coefficient (Wildman–Crippen LogP) is 4.83. The molecular weight excluding hydrogens is 460 g/mol. The van der Waals surface area contributed by atoms with Crippen LogP contribution >= 0.6 is 0 Å². The van der Waals surface area contributed by atoms with Gasteiger partial charge in [0.2, 0.25) is 0 Å². The zero-order chi connectivity index (χ0) is 25.8.